The highest BCUT2D eigenvalue weighted by molar-refractivity contribution is 6.07. The predicted octanol–water partition coefficient (Wildman–Crippen LogP) is 3.40. The Kier molecular flexibility index (Phi) is 4.58. The Hall–Kier alpha value is -3.48. The van der Waals surface area contributed by atoms with E-state index in [-0.39, 0.29) is 24.5 Å². The topological polar surface area (TPSA) is 72.8 Å². The standard InChI is InChI=1S/C23H23N3O4/c1-25-13-18(17-4-2-3-5-19(17)25)23(28)26-10-8-15(9-11-26)22(27)24-16-6-7-20-21(12-16)30-14-29-20/h2-7,12-13,15H,8-11,14H2,1H3,(H,24,27). The molecular formula is C23H23N3O4. The number of aryl methyl sites for hydroxylation is 1. The second kappa shape index (κ2) is 7.40. The quantitative estimate of drug-likeness (QED) is 0.725. The Bertz CT molecular complexity index is 1130. The van der Waals surface area contributed by atoms with Crippen molar-refractivity contribution < 1.29 is 19.1 Å². The Morgan fingerprint density at radius 2 is 1.80 bits per heavy atom. The van der Waals surface area contributed by atoms with Gasteiger partial charge in [-0.1, -0.05) is 18.2 Å². The molecule has 0 atom stereocenters. The number of carbonyl (C=O) groups is 2. The lowest BCUT2D eigenvalue weighted by molar-refractivity contribution is -0.121. The van der Waals surface area contributed by atoms with Crippen molar-refractivity contribution in [3.05, 3.63) is 54.2 Å². The van der Waals surface area contributed by atoms with Crippen LogP contribution in [0.25, 0.3) is 10.9 Å². The first kappa shape index (κ1) is 18.5. The number of likely N-dealkylation sites (tertiary alicyclic amines) is 1. The normalized spacial score (nSPS) is 16.1. The number of ether oxygens (including phenoxy) is 2. The smallest absolute Gasteiger partial charge is 0.256 e. The molecule has 0 bridgehead atoms. The number of para-hydroxylation sites is 1. The van der Waals surface area contributed by atoms with Crippen LogP contribution in [0, 0.1) is 5.92 Å². The molecule has 5 rings (SSSR count). The van der Waals surface area contributed by atoms with Gasteiger partial charge in [0, 0.05) is 54.9 Å². The van der Waals surface area contributed by atoms with Crippen molar-refractivity contribution in [2.24, 2.45) is 13.0 Å². The summed E-state index contributed by atoms with van der Waals surface area (Å²) >= 11 is 0. The molecule has 2 amide bonds. The van der Waals surface area contributed by atoms with Crippen LogP contribution in [-0.4, -0.2) is 41.2 Å². The number of amides is 2. The van der Waals surface area contributed by atoms with Gasteiger partial charge in [-0.2, -0.15) is 0 Å². The molecule has 1 saturated heterocycles. The van der Waals surface area contributed by atoms with E-state index in [1.807, 2.05) is 53.0 Å². The minimum Gasteiger partial charge on any atom is -0.454 e. The van der Waals surface area contributed by atoms with E-state index < -0.39 is 0 Å². The molecule has 2 aromatic carbocycles. The lowest BCUT2D eigenvalue weighted by Crippen LogP contribution is -2.41. The zero-order chi connectivity index (χ0) is 20.7. The number of nitrogens with one attached hydrogen (secondary N) is 1. The van der Waals surface area contributed by atoms with Gasteiger partial charge in [-0.05, 0) is 31.0 Å². The molecule has 1 aromatic heterocycles. The fourth-order valence-electron chi connectivity index (χ4n) is 4.25. The average Bonchev–Trinajstić information content (AvgIpc) is 3.37. The highest BCUT2D eigenvalue weighted by Gasteiger charge is 2.29. The predicted molar refractivity (Wildman–Crippen MR) is 113 cm³/mol. The van der Waals surface area contributed by atoms with Crippen LogP contribution in [-0.2, 0) is 11.8 Å². The number of carbonyl (C=O) groups excluding carboxylic acids is 2. The van der Waals surface area contributed by atoms with Crippen LogP contribution in [0.1, 0.15) is 23.2 Å². The molecule has 30 heavy (non-hydrogen) atoms. The van der Waals surface area contributed by atoms with Crippen LogP contribution >= 0.6 is 0 Å². The molecule has 0 aliphatic carbocycles. The number of benzene rings is 2. The highest BCUT2D eigenvalue weighted by Crippen LogP contribution is 2.34. The van der Waals surface area contributed by atoms with Crippen LogP contribution in [0.4, 0.5) is 5.69 Å². The van der Waals surface area contributed by atoms with E-state index >= 15 is 0 Å². The largest absolute Gasteiger partial charge is 0.454 e. The van der Waals surface area contributed by atoms with Gasteiger partial charge in [0.15, 0.2) is 11.5 Å². The van der Waals surface area contributed by atoms with Crippen molar-refractivity contribution in [3.8, 4) is 11.5 Å². The summed E-state index contributed by atoms with van der Waals surface area (Å²) in [5, 5.41) is 3.93. The molecule has 1 N–H and O–H groups in total. The molecule has 0 saturated carbocycles. The number of fused-ring (bicyclic) bond motifs is 2. The molecule has 0 unspecified atom stereocenters. The van der Waals surface area contributed by atoms with Gasteiger partial charge in [0.25, 0.3) is 5.91 Å². The van der Waals surface area contributed by atoms with E-state index in [9.17, 15) is 9.59 Å². The summed E-state index contributed by atoms with van der Waals surface area (Å²) in [6.07, 6.45) is 3.19. The zero-order valence-corrected chi connectivity index (χ0v) is 16.8. The maximum absolute atomic E-state index is 13.1. The number of nitrogens with zero attached hydrogens (tertiary/aromatic N) is 2. The zero-order valence-electron chi connectivity index (χ0n) is 16.8. The van der Waals surface area contributed by atoms with Gasteiger partial charge in [0.2, 0.25) is 12.7 Å². The van der Waals surface area contributed by atoms with Crippen LogP contribution < -0.4 is 14.8 Å². The van der Waals surface area contributed by atoms with Crippen LogP contribution in [0.5, 0.6) is 11.5 Å². The second-order valence-electron chi connectivity index (χ2n) is 7.79. The van der Waals surface area contributed by atoms with E-state index in [2.05, 4.69) is 5.32 Å². The lowest BCUT2D eigenvalue weighted by atomic mass is 9.95. The first-order valence-corrected chi connectivity index (χ1v) is 10.1. The van der Waals surface area contributed by atoms with Gasteiger partial charge in [-0.25, -0.2) is 0 Å². The molecule has 2 aliphatic rings. The monoisotopic (exact) mass is 405 g/mol. The van der Waals surface area contributed by atoms with E-state index in [1.165, 1.54) is 0 Å². The second-order valence-corrected chi connectivity index (χ2v) is 7.79. The van der Waals surface area contributed by atoms with E-state index in [0.29, 0.717) is 43.1 Å². The molecule has 2 aliphatic heterocycles. The molecular weight excluding hydrogens is 382 g/mol. The maximum Gasteiger partial charge on any atom is 0.256 e. The first-order chi connectivity index (χ1) is 14.6. The van der Waals surface area contributed by atoms with Crippen LogP contribution in [0.3, 0.4) is 0 Å². The van der Waals surface area contributed by atoms with Crippen LogP contribution in [0.2, 0.25) is 0 Å². The summed E-state index contributed by atoms with van der Waals surface area (Å²) in [7, 11) is 1.95. The van der Waals surface area contributed by atoms with Gasteiger partial charge >= 0.3 is 0 Å². The SMILES string of the molecule is Cn1cc(C(=O)N2CCC(C(=O)Nc3ccc4c(c3)OCO4)CC2)c2ccccc21. The maximum atomic E-state index is 13.1. The Labute approximate surface area is 174 Å². The van der Waals surface area contributed by atoms with Crippen molar-refractivity contribution in [2.45, 2.75) is 12.8 Å². The summed E-state index contributed by atoms with van der Waals surface area (Å²) < 4.78 is 12.6. The lowest BCUT2D eigenvalue weighted by Gasteiger charge is -2.31. The molecule has 7 heteroatoms. The summed E-state index contributed by atoms with van der Waals surface area (Å²) in [5.74, 6) is 1.22. The molecule has 1 fully saturated rings. The van der Waals surface area contributed by atoms with Gasteiger partial charge in [0.05, 0.1) is 5.56 Å². The fourth-order valence-corrected chi connectivity index (χ4v) is 4.25. The minimum absolute atomic E-state index is 0.0221. The van der Waals surface area contributed by atoms with Gasteiger partial charge in [0.1, 0.15) is 0 Å². The van der Waals surface area contributed by atoms with Crippen molar-refractivity contribution in [1.82, 2.24) is 9.47 Å². The number of hydrogen-bond acceptors (Lipinski definition) is 4. The van der Waals surface area contributed by atoms with Crippen molar-refractivity contribution in [1.29, 1.82) is 0 Å². The number of hydrogen-bond donors (Lipinski definition) is 1. The summed E-state index contributed by atoms with van der Waals surface area (Å²) in [6.45, 7) is 1.35. The summed E-state index contributed by atoms with van der Waals surface area (Å²) in [4.78, 5) is 27.6. The van der Waals surface area contributed by atoms with Crippen molar-refractivity contribution in [2.75, 3.05) is 25.2 Å². The Morgan fingerprint density at radius 1 is 1.03 bits per heavy atom. The third-order valence-corrected chi connectivity index (χ3v) is 5.92. The third kappa shape index (κ3) is 3.26. The fraction of sp³-hybridized carbons (Fsp3) is 0.304. The number of aromatic nitrogens is 1. The summed E-state index contributed by atoms with van der Waals surface area (Å²) in [6, 6.07) is 13.3. The summed E-state index contributed by atoms with van der Waals surface area (Å²) in [5.41, 5.74) is 2.45. The molecule has 3 aromatic rings. The number of rotatable bonds is 3. The van der Waals surface area contributed by atoms with Gasteiger partial charge in [-0.15, -0.1) is 0 Å². The van der Waals surface area contributed by atoms with E-state index in [0.717, 1.165) is 16.5 Å². The number of anilines is 1. The Morgan fingerprint density at radius 3 is 2.63 bits per heavy atom. The van der Waals surface area contributed by atoms with Gasteiger partial charge in [-0.3, -0.25) is 9.59 Å². The third-order valence-electron chi connectivity index (χ3n) is 5.92. The molecule has 0 radical (unpaired) electrons. The highest BCUT2D eigenvalue weighted by atomic mass is 16.7. The van der Waals surface area contributed by atoms with Crippen molar-refractivity contribution in [3.63, 3.8) is 0 Å². The van der Waals surface area contributed by atoms with Gasteiger partial charge < -0.3 is 24.3 Å². The molecule has 7 nitrogen and oxygen atoms in total. The van der Waals surface area contributed by atoms with E-state index in [1.54, 1.807) is 12.1 Å². The molecule has 3 heterocycles. The average molecular weight is 405 g/mol. The Balaban J connectivity index is 1.22. The molecule has 154 valence electrons. The minimum atomic E-state index is -0.119. The van der Waals surface area contributed by atoms with E-state index in [4.69, 9.17) is 9.47 Å². The van der Waals surface area contributed by atoms with Crippen molar-refractivity contribution >= 4 is 28.4 Å². The molecule has 0 spiro atoms. The van der Waals surface area contributed by atoms with Crippen LogP contribution in [0.15, 0.2) is 48.7 Å². The first-order valence-electron chi connectivity index (χ1n) is 10.1. The number of piperidine rings is 1.